The molecule has 1 aromatic carbocycles. The molecular formula is C10H11BrN2O2S. The molecule has 1 aromatic rings. The summed E-state index contributed by atoms with van der Waals surface area (Å²) in [6.45, 7) is 1.68. The molecule has 86 valence electrons. The van der Waals surface area contributed by atoms with Crippen LogP contribution in [-0.4, -0.2) is 22.0 Å². The zero-order valence-electron chi connectivity index (χ0n) is 8.53. The minimum Gasteiger partial charge on any atom is -0.507 e. The lowest BCUT2D eigenvalue weighted by atomic mass is 10.2. The molecule has 0 aliphatic rings. The number of benzene rings is 1. The lowest BCUT2D eigenvalue weighted by molar-refractivity contribution is 0.0946. The van der Waals surface area contributed by atoms with Crippen molar-refractivity contribution < 1.29 is 9.90 Å². The van der Waals surface area contributed by atoms with Crippen molar-refractivity contribution in [3.8, 4) is 5.75 Å². The van der Waals surface area contributed by atoms with E-state index in [0.717, 1.165) is 0 Å². The van der Waals surface area contributed by atoms with Gasteiger partial charge in [0, 0.05) is 4.47 Å². The number of nitrogens with one attached hydrogen (secondary N) is 1. The summed E-state index contributed by atoms with van der Waals surface area (Å²) in [5.41, 5.74) is 5.55. The molecule has 1 amide bonds. The third-order valence-corrected chi connectivity index (χ3v) is 2.82. The van der Waals surface area contributed by atoms with Crippen molar-refractivity contribution in [3.05, 3.63) is 28.2 Å². The van der Waals surface area contributed by atoms with Crippen molar-refractivity contribution in [2.75, 3.05) is 0 Å². The lowest BCUT2D eigenvalue weighted by Gasteiger charge is -2.12. The van der Waals surface area contributed by atoms with E-state index in [1.54, 1.807) is 13.0 Å². The number of nitrogens with two attached hydrogens (primary N) is 1. The van der Waals surface area contributed by atoms with Crippen molar-refractivity contribution in [2.24, 2.45) is 5.73 Å². The fraction of sp³-hybridized carbons (Fsp3) is 0.200. The number of carbonyl (C=O) groups excluding carboxylic acids is 1. The first-order chi connectivity index (χ1) is 7.41. The Labute approximate surface area is 107 Å². The lowest BCUT2D eigenvalue weighted by Crippen LogP contribution is -2.41. The Morgan fingerprint density at radius 3 is 2.81 bits per heavy atom. The molecule has 0 aliphatic heterocycles. The van der Waals surface area contributed by atoms with Crippen LogP contribution < -0.4 is 11.1 Å². The fourth-order valence-corrected chi connectivity index (χ4v) is 1.46. The summed E-state index contributed by atoms with van der Waals surface area (Å²) in [5, 5.41) is 12.1. The van der Waals surface area contributed by atoms with Gasteiger partial charge in [-0.05, 0) is 25.1 Å². The molecule has 6 heteroatoms. The van der Waals surface area contributed by atoms with Crippen LogP contribution in [0.25, 0.3) is 0 Å². The maximum atomic E-state index is 11.7. The Bertz CT molecular complexity index is 437. The Hall–Kier alpha value is -1.14. The average molecular weight is 303 g/mol. The topological polar surface area (TPSA) is 75.3 Å². The Balaban J connectivity index is 2.88. The largest absolute Gasteiger partial charge is 0.507 e. The second-order valence-corrected chi connectivity index (χ2v) is 4.65. The number of amides is 1. The van der Waals surface area contributed by atoms with Crippen LogP contribution >= 0.6 is 28.1 Å². The third kappa shape index (κ3) is 3.18. The van der Waals surface area contributed by atoms with Crippen molar-refractivity contribution in [3.63, 3.8) is 0 Å². The van der Waals surface area contributed by atoms with Crippen LogP contribution in [0.3, 0.4) is 0 Å². The van der Waals surface area contributed by atoms with Gasteiger partial charge in [-0.25, -0.2) is 0 Å². The number of phenols is 1. The first-order valence-electron chi connectivity index (χ1n) is 4.50. The number of aromatic hydroxyl groups is 1. The van der Waals surface area contributed by atoms with E-state index in [2.05, 4.69) is 21.2 Å². The van der Waals surface area contributed by atoms with Crippen LogP contribution in [0, 0.1) is 0 Å². The molecule has 16 heavy (non-hydrogen) atoms. The van der Waals surface area contributed by atoms with Crippen molar-refractivity contribution >= 4 is 39.0 Å². The van der Waals surface area contributed by atoms with Gasteiger partial charge in [-0.15, -0.1) is 0 Å². The van der Waals surface area contributed by atoms with Crippen LogP contribution in [0.5, 0.6) is 5.75 Å². The predicted molar refractivity (Wildman–Crippen MR) is 69.5 cm³/mol. The van der Waals surface area contributed by atoms with Crippen LogP contribution in [0.1, 0.15) is 17.3 Å². The van der Waals surface area contributed by atoms with E-state index in [1.165, 1.54) is 12.1 Å². The van der Waals surface area contributed by atoms with Gasteiger partial charge >= 0.3 is 0 Å². The van der Waals surface area contributed by atoms with Crippen molar-refractivity contribution in [1.82, 2.24) is 5.32 Å². The quantitative estimate of drug-likeness (QED) is 0.741. The minimum atomic E-state index is -0.417. The molecule has 1 unspecified atom stereocenters. The molecule has 0 aromatic heterocycles. The Morgan fingerprint density at radius 2 is 2.25 bits per heavy atom. The monoisotopic (exact) mass is 302 g/mol. The summed E-state index contributed by atoms with van der Waals surface area (Å²) in [7, 11) is 0. The molecule has 4 nitrogen and oxygen atoms in total. The van der Waals surface area contributed by atoms with Gasteiger partial charge < -0.3 is 16.2 Å². The zero-order valence-corrected chi connectivity index (χ0v) is 10.9. The number of thiocarbonyl (C=S) groups is 1. The molecule has 0 saturated carbocycles. The zero-order chi connectivity index (χ0) is 12.3. The number of rotatable bonds is 3. The number of carbonyl (C=O) groups is 1. The first kappa shape index (κ1) is 12.9. The van der Waals surface area contributed by atoms with Gasteiger partial charge in [-0.2, -0.15) is 0 Å². The van der Waals surface area contributed by atoms with Crippen LogP contribution in [0.2, 0.25) is 0 Å². The second-order valence-electron chi connectivity index (χ2n) is 3.26. The molecule has 0 saturated heterocycles. The molecule has 0 fully saturated rings. The van der Waals surface area contributed by atoms with E-state index in [9.17, 15) is 9.90 Å². The standard InChI is InChI=1S/C10H11BrN2O2S/c1-5(9(12)16)13-10(15)7-4-6(11)2-3-8(7)14/h2-5,14H,1H3,(H2,12,16)(H,13,15). The smallest absolute Gasteiger partial charge is 0.255 e. The highest BCUT2D eigenvalue weighted by molar-refractivity contribution is 9.10. The summed E-state index contributed by atoms with van der Waals surface area (Å²) >= 11 is 7.95. The molecule has 1 rings (SSSR count). The van der Waals surface area contributed by atoms with E-state index < -0.39 is 11.9 Å². The summed E-state index contributed by atoms with van der Waals surface area (Å²) in [4.78, 5) is 11.9. The van der Waals surface area contributed by atoms with Crippen molar-refractivity contribution in [1.29, 1.82) is 0 Å². The van der Waals surface area contributed by atoms with Gasteiger partial charge in [-0.1, -0.05) is 28.1 Å². The molecule has 0 bridgehead atoms. The molecule has 1 atom stereocenters. The normalized spacial score (nSPS) is 11.9. The van der Waals surface area contributed by atoms with Gasteiger partial charge in [0.05, 0.1) is 16.6 Å². The highest BCUT2D eigenvalue weighted by Gasteiger charge is 2.15. The Kier molecular flexibility index (Phi) is 4.26. The molecule has 0 heterocycles. The maximum Gasteiger partial charge on any atom is 0.255 e. The summed E-state index contributed by atoms with van der Waals surface area (Å²) in [5.74, 6) is -0.505. The Morgan fingerprint density at radius 1 is 1.62 bits per heavy atom. The molecule has 0 spiro atoms. The van der Waals surface area contributed by atoms with Crippen molar-refractivity contribution in [2.45, 2.75) is 13.0 Å². The van der Waals surface area contributed by atoms with Crippen LogP contribution in [0.15, 0.2) is 22.7 Å². The third-order valence-electron chi connectivity index (χ3n) is 1.98. The molecular weight excluding hydrogens is 292 g/mol. The second kappa shape index (κ2) is 5.27. The van der Waals surface area contributed by atoms with Gasteiger partial charge in [0.25, 0.3) is 5.91 Å². The van der Waals surface area contributed by atoms with Crippen LogP contribution in [0.4, 0.5) is 0 Å². The summed E-state index contributed by atoms with van der Waals surface area (Å²) in [6.07, 6.45) is 0. The highest BCUT2D eigenvalue weighted by atomic mass is 79.9. The van der Waals surface area contributed by atoms with E-state index in [4.69, 9.17) is 18.0 Å². The van der Waals surface area contributed by atoms with E-state index >= 15 is 0 Å². The van der Waals surface area contributed by atoms with E-state index in [-0.39, 0.29) is 16.3 Å². The van der Waals surface area contributed by atoms with E-state index in [0.29, 0.717) is 4.47 Å². The maximum absolute atomic E-state index is 11.7. The SMILES string of the molecule is CC(NC(=O)c1cc(Br)ccc1O)C(N)=S. The average Bonchev–Trinajstić information content (AvgIpc) is 2.21. The number of hydrogen-bond donors (Lipinski definition) is 3. The minimum absolute atomic E-state index is 0.0872. The first-order valence-corrected chi connectivity index (χ1v) is 5.70. The van der Waals surface area contributed by atoms with Gasteiger partial charge in [-0.3, -0.25) is 4.79 Å². The van der Waals surface area contributed by atoms with Gasteiger partial charge in [0.15, 0.2) is 0 Å². The van der Waals surface area contributed by atoms with Gasteiger partial charge in [0.1, 0.15) is 5.75 Å². The van der Waals surface area contributed by atoms with Crippen LogP contribution in [-0.2, 0) is 0 Å². The summed E-state index contributed by atoms with van der Waals surface area (Å²) in [6, 6.07) is 4.19. The molecule has 0 radical (unpaired) electrons. The predicted octanol–water partition coefficient (Wildman–Crippen LogP) is 1.56. The van der Waals surface area contributed by atoms with E-state index in [1.807, 2.05) is 0 Å². The highest BCUT2D eigenvalue weighted by Crippen LogP contribution is 2.21. The number of phenolic OH excluding ortho intramolecular Hbond substituents is 1. The van der Waals surface area contributed by atoms with Gasteiger partial charge in [0.2, 0.25) is 0 Å². The summed E-state index contributed by atoms with van der Waals surface area (Å²) < 4.78 is 0.707. The fourth-order valence-electron chi connectivity index (χ4n) is 1.04. The number of halogens is 1. The molecule has 0 aliphatic carbocycles. The number of hydrogen-bond acceptors (Lipinski definition) is 3. The molecule has 4 N–H and O–H groups in total.